The minimum Gasteiger partial charge on any atom is -0.392 e. The monoisotopic (exact) mass is 204 g/mol. The summed E-state index contributed by atoms with van der Waals surface area (Å²) in [5, 5.41) is 9.54. The van der Waals surface area contributed by atoms with E-state index in [4.69, 9.17) is 0 Å². The third-order valence-corrected chi connectivity index (χ3v) is 3.32. The molecule has 0 fully saturated rings. The molecule has 0 bridgehead atoms. The first-order chi connectivity index (χ1) is 4.63. The molecule has 1 aliphatic rings. The molecule has 4 unspecified atom stereocenters. The fourth-order valence-electron chi connectivity index (χ4n) is 1.24. The molecule has 1 aliphatic carbocycles. The Kier molecular flexibility index (Phi) is 2.53. The molecule has 0 saturated carbocycles. The number of halogens is 1. The number of rotatable bonds is 0. The zero-order chi connectivity index (χ0) is 7.72. The van der Waals surface area contributed by atoms with Gasteiger partial charge in [-0.05, 0) is 5.92 Å². The predicted molar refractivity (Wildman–Crippen MR) is 46.2 cm³/mol. The van der Waals surface area contributed by atoms with Gasteiger partial charge in [0.2, 0.25) is 0 Å². The Morgan fingerprint density at radius 2 is 1.90 bits per heavy atom. The molecule has 1 nitrogen and oxygen atoms in total. The topological polar surface area (TPSA) is 20.2 Å². The molecule has 0 aliphatic heterocycles. The smallest absolute Gasteiger partial charge is 0.0639 e. The van der Waals surface area contributed by atoms with Gasteiger partial charge in [0.05, 0.1) is 6.10 Å². The minimum atomic E-state index is -0.186. The van der Waals surface area contributed by atoms with Crippen molar-refractivity contribution >= 4 is 15.9 Å². The average molecular weight is 205 g/mol. The molecule has 0 saturated heterocycles. The van der Waals surface area contributed by atoms with Crippen molar-refractivity contribution in [1.82, 2.24) is 0 Å². The van der Waals surface area contributed by atoms with Gasteiger partial charge in [-0.1, -0.05) is 41.9 Å². The van der Waals surface area contributed by atoms with Gasteiger partial charge in [-0.15, -0.1) is 0 Å². The molecule has 4 atom stereocenters. The Balaban J connectivity index is 2.69. The highest BCUT2D eigenvalue weighted by molar-refractivity contribution is 9.09. The summed E-state index contributed by atoms with van der Waals surface area (Å²) in [7, 11) is 0. The molecule has 2 heteroatoms. The summed E-state index contributed by atoms with van der Waals surface area (Å²) in [6.45, 7) is 4.10. The number of allylic oxidation sites excluding steroid dienone is 1. The van der Waals surface area contributed by atoms with Gasteiger partial charge in [0.1, 0.15) is 0 Å². The Hall–Kier alpha value is 0.180. The summed E-state index contributed by atoms with van der Waals surface area (Å²) in [4.78, 5) is 0.346. The molecular weight excluding hydrogens is 192 g/mol. The maximum Gasteiger partial charge on any atom is 0.0639 e. The van der Waals surface area contributed by atoms with Crippen LogP contribution in [0, 0.1) is 11.8 Å². The van der Waals surface area contributed by atoms with Crippen molar-refractivity contribution < 1.29 is 5.11 Å². The molecule has 0 radical (unpaired) electrons. The number of hydrogen-bond donors (Lipinski definition) is 1. The van der Waals surface area contributed by atoms with Crippen molar-refractivity contribution in [2.24, 2.45) is 11.8 Å². The van der Waals surface area contributed by atoms with Crippen molar-refractivity contribution in [3.63, 3.8) is 0 Å². The third-order valence-electron chi connectivity index (χ3n) is 2.18. The fourth-order valence-corrected chi connectivity index (χ4v) is 1.73. The summed E-state index contributed by atoms with van der Waals surface area (Å²) in [5.41, 5.74) is 0. The molecule has 1 rings (SSSR count). The van der Waals surface area contributed by atoms with Crippen LogP contribution < -0.4 is 0 Å². The molecule has 0 aromatic carbocycles. The second-order valence-corrected chi connectivity index (χ2v) is 4.10. The van der Waals surface area contributed by atoms with E-state index in [0.29, 0.717) is 16.7 Å². The molecule has 0 aromatic heterocycles. The Bertz CT molecular complexity index is 128. The summed E-state index contributed by atoms with van der Waals surface area (Å²) in [5.74, 6) is 0.642. The highest BCUT2D eigenvalue weighted by Gasteiger charge is 2.27. The minimum absolute atomic E-state index is 0.186. The van der Waals surface area contributed by atoms with E-state index < -0.39 is 0 Å². The zero-order valence-electron chi connectivity index (χ0n) is 6.29. The first kappa shape index (κ1) is 8.28. The number of aliphatic hydroxyl groups excluding tert-OH is 1. The molecule has 10 heavy (non-hydrogen) atoms. The van der Waals surface area contributed by atoms with E-state index >= 15 is 0 Å². The van der Waals surface area contributed by atoms with Crippen molar-refractivity contribution in [2.45, 2.75) is 24.8 Å². The molecule has 58 valence electrons. The summed E-state index contributed by atoms with van der Waals surface area (Å²) in [6, 6.07) is 0. The van der Waals surface area contributed by atoms with Crippen LogP contribution in [-0.2, 0) is 0 Å². The average Bonchev–Trinajstić information content (AvgIpc) is 1.93. The van der Waals surface area contributed by atoms with Gasteiger partial charge in [0.15, 0.2) is 0 Å². The van der Waals surface area contributed by atoms with Crippen LogP contribution in [0.4, 0.5) is 0 Å². The van der Waals surface area contributed by atoms with E-state index in [9.17, 15) is 5.11 Å². The van der Waals surface area contributed by atoms with Gasteiger partial charge >= 0.3 is 0 Å². The first-order valence-electron chi connectivity index (χ1n) is 3.63. The largest absolute Gasteiger partial charge is 0.392 e. The molecule has 1 N–H and O–H groups in total. The SMILES string of the molecule is CC1C=CC(Br)C(C)C1O. The van der Waals surface area contributed by atoms with E-state index in [1.807, 2.05) is 6.92 Å². The van der Waals surface area contributed by atoms with Gasteiger partial charge in [0.25, 0.3) is 0 Å². The lowest BCUT2D eigenvalue weighted by Crippen LogP contribution is -2.33. The normalized spacial score (nSPS) is 47.6. The van der Waals surface area contributed by atoms with Crippen LogP contribution in [-0.4, -0.2) is 16.0 Å². The van der Waals surface area contributed by atoms with Gasteiger partial charge in [0, 0.05) is 10.7 Å². The summed E-state index contributed by atoms with van der Waals surface area (Å²) in [6.07, 6.45) is 3.99. The number of aliphatic hydroxyl groups is 1. The lowest BCUT2D eigenvalue weighted by molar-refractivity contribution is 0.0812. The zero-order valence-corrected chi connectivity index (χ0v) is 7.88. The van der Waals surface area contributed by atoms with E-state index in [1.54, 1.807) is 0 Å². The predicted octanol–water partition coefficient (Wildman–Crippen LogP) is 1.95. The highest BCUT2D eigenvalue weighted by Crippen LogP contribution is 2.27. The van der Waals surface area contributed by atoms with E-state index in [1.165, 1.54) is 0 Å². The standard InChI is InChI=1S/C8H13BrO/c1-5-3-4-7(9)6(2)8(5)10/h3-8,10H,1-2H3. The molecule has 0 spiro atoms. The Labute approximate surface area is 70.3 Å². The number of hydrogen-bond acceptors (Lipinski definition) is 1. The quantitative estimate of drug-likeness (QED) is 0.473. The van der Waals surface area contributed by atoms with Crippen LogP contribution >= 0.6 is 15.9 Å². The maximum atomic E-state index is 9.54. The van der Waals surface area contributed by atoms with E-state index in [0.717, 1.165) is 0 Å². The lowest BCUT2D eigenvalue weighted by atomic mass is 9.86. The fraction of sp³-hybridized carbons (Fsp3) is 0.750. The van der Waals surface area contributed by atoms with Crippen LogP contribution in [0.3, 0.4) is 0 Å². The van der Waals surface area contributed by atoms with Crippen molar-refractivity contribution in [1.29, 1.82) is 0 Å². The molecule has 0 amide bonds. The van der Waals surface area contributed by atoms with Crippen LogP contribution in [0.15, 0.2) is 12.2 Å². The third kappa shape index (κ3) is 1.43. The highest BCUT2D eigenvalue weighted by atomic mass is 79.9. The van der Waals surface area contributed by atoms with Gasteiger partial charge in [-0.3, -0.25) is 0 Å². The van der Waals surface area contributed by atoms with Crippen LogP contribution in [0.5, 0.6) is 0 Å². The second-order valence-electron chi connectivity index (χ2n) is 3.04. The van der Waals surface area contributed by atoms with Crippen LogP contribution in [0.25, 0.3) is 0 Å². The van der Waals surface area contributed by atoms with Crippen LogP contribution in [0.2, 0.25) is 0 Å². The van der Waals surface area contributed by atoms with Gasteiger partial charge in [-0.25, -0.2) is 0 Å². The van der Waals surface area contributed by atoms with Gasteiger partial charge in [-0.2, -0.15) is 0 Å². The van der Waals surface area contributed by atoms with Crippen molar-refractivity contribution in [2.75, 3.05) is 0 Å². The lowest BCUT2D eigenvalue weighted by Gasteiger charge is -2.29. The maximum absolute atomic E-state index is 9.54. The summed E-state index contributed by atoms with van der Waals surface area (Å²) >= 11 is 3.47. The van der Waals surface area contributed by atoms with Crippen molar-refractivity contribution in [3.05, 3.63) is 12.2 Å². The molecule has 0 heterocycles. The van der Waals surface area contributed by atoms with Crippen LogP contribution in [0.1, 0.15) is 13.8 Å². The van der Waals surface area contributed by atoms with Crippen molar-refractivity contribution in [3.8, 4) is 0 Å². The molecule has 0 aromatic rings. The molecular formula is C8H13BrO. The van der Waals surface area contributed by atoms with Gasteiger partial charge < -0.3 is 5.11 Å². The Morgan fingerprint density at radius 3 is 2.40 bits per heavy atom. The van der Waals surface area contributed by atoms with E-state index in [-0.39, 0.29) is 6.10 Å². The Morgan fingerprint density at radius 1 is 1.30 bits per heavy atom. The summed E-state index contributed by atoms with van der Waals surface area (Å²) < 4.78 is 0. The van der Waals surface area contributed by atoms with E-state index in [2.05, 4.69) is 35.0 Å². The first-order valence-corrected chi connectivity index (χ1v) is 4.55. The number of alkyl halides is 1. The second kappa shape index (κ2) is 3.05.